The molecule has 0 aliphatic carbocycles. The van der Waals surface area contributed by atoms with Crippen molar-refractivity contribution in [3.63, 3.8) is 0 Å². The minimum atomic E-state index is 0.525. The molecule has 0 spiro atoms. The van der Waals surface area contributed by atoms with Gasteiger partial charge in [0, 0.05) is 6.20 Å². The van der Waals surface area contributed by atoms with E-state index in [2.05, 4.69) is 4.98 Å². The molecule has 3 rings (SSSR count). The van der Waals surface area contributed by atoms with Crippen molar-refractivity contribution in [1.29, 1.82) is 0 Å². The Morgan fingerprint density at radius 1 is 1.29 bits per heavy atom. The van der Waals surface area contributed by atoms with Gasteiger partial charge in [-0.25, -0.2) is 4.98 Å². The van der Waals surface area contributed by atoms with Crippen LogP contribution in [0.25, 0.3) is 17.1 Å². The van der Waals surface area contributed by atoms with Crippen LogP contribution in [0.1, 0.15) is 5.76 Å². The van der Waals surface area contributed by atoms with Gasteiger partial charge in [0.25, 0.3) is 0 Å². The number of furan rings is 1. The van der Waals surface area contributed by atoms with Crippen LogP contribution in [0.3, 0.4) is 0 Å². The van der Waals surface area contributed by atoms with Crippen molar-refractivity contribution in [1.82, 2.24) is 9.38 Å². The van der Waals surface area contributed by atoms with Crippen LogP contribution in [0.15, 0.2) is 34.9 Å². The maximum Gasteiger partial charge on any atom is 0.156 e. The molecule has 0 radical (unpaired) electrons. The lowest BCUT2D eigenvalue weighted by molar-refractivity contribution is 0.547. The number of hydrogen-bond donors (Lipinski definition) is 1. The van der Waals surface area contributed by atoms with Gasteiger partial charge >= 0.3 is 0 Å². The number of halogens is 1. The second-order valence-corrected chi connectivity index (χ2v) is 4.27. The lowest BCUT2D eigenvalue weighted by Gasteiger charge is -1.96. The van der Waals surface area contributed by atoms with Gasteiger partial charge in [-0.3, -0.25) is 4.40 Å². The molecule has 17 heavy (non-hydrogen) atoms. The highest BCUT2D eigenvalue weighted by molar-refractivity contribution is 6.30. The van der Waals surface area contributed by atoms with Gasteiger partial charge < -0.3 is 10.2 Å². The normalized spacial score (nSPS) is 11.2. The van der Waals surface area contributed by atoms with Gasteiger partial charge in [-0.15, -0.1) is 0 Å². The summed E-state index contributed by atoms with van der Waals surface area (Å²) in [6.07, 6.45) is 1.73. The molecule has 86 valence electrons. The molecule has 0 unspecified atom stereocenters. The lowest BCUT2D eigenvalue weighted by Crippen LogP contribution is -1.93. The standard InChI is InChI=1S/C12H10ClN3O/c1-7-2-4-9(17-7)11-12(14)16-6-8(13)3-5-10(16)15-11/h2-6H,14H2,1H3. The molecule has 2 N–H and O–H groups in total. The van der Waals surface area contributed by atoms with Crippen molar-refractivity contribution < 1.29 is 4.42 Å². The number of imidazole rings is 1. The van der Waals surface area contributed by atoms with Crippen molar-refractivity contribution in [3.05, 3.63) is 41.2 Å². The highest BCUT2D eigenvalue weighted by Gasteiger charge is 2.14. The summed E-state index contributed by atoms with van der Waals surface area (Å²) in [4.78, 5) is 4.42. The van der Waals surface area contributed by atoms with Crippen molar-refractivity contribution in [3.8, 4) is 11.5 Å². The Balaban J connectivity index is 2.27. The molecule has 0 saturated heterocycles. The molecule has 0 aromatic carbocycles. The summed E-state index contributed by atoms with van der Waals surface area (Å²) in [5.41, 5.74) is 7.42. The lowest BCUT2D eigenvalue weighted by atomic mass is 10.3. The summed E-state index contributed by atoms with van der Waals surface area (Å²) in [5.74, 6) is 2.02. The molecule has 0 fully saturated rings. The quantitative estimate of drug-likeness (QED) is 0.719. The average molecular weight is 248 g/mol. The first-order valence-electron chi connectivity index (χ1n) is 5.15. The van der Waals surface area contributed by atoms with Crippen LogP contribution in [0, 0.1) is 6.92 Å². The van der Waals surface area contributed by atoms with Crippen LogP contribution < -0.4 is 5.73 Å². The molecule has 0 atom stereocenters. The predicted molar refractivity (Wildman–Crippen MR) is 67.1 cm³/mol. The summed E-state index contributed by atoms with van der Waals surface area (Å²) in [7, 11) is 0. The molecule has 3 heterocycles. The average Bonchev–Trinajstić information content (AvgIpc) is 2.84. The third kappa shape index (κ3) is 1.57. The van der Waals surface area contributed by atoms with Crippen LogP contribution in [0.4, 0.5) is 5.82 Å². The molecule has 3 aromatic heterocycles. The van der Waals surface area contributed by atoms with Gasteiger partial charge in [0.2, 0.25) is 0 Å². The molecule has 0 bridgehead atoms. The summed E-state index contributed by atoms with van der Waals surface area (Å²) in [5, 5.41) is 0.615. The Morgan fingerprint density at radius 2 is 2.12 bits per heavy atom. The minimum Gasteiger partial charge on any atom is -0.460 e. The molecular formula is C12H10ClN3O. The first-order valence-corrected chi connectivity index (χ1v) is 5.53. The highest BCUT2D eigenvalue weighted by atomic mass is 35.5. The Hall–Kier alpha value is -1.94. The van der Waals surface area contributed by atoms with E-state index in [1.54, 1.807) is 16.7 Å². The molecule has 0 aliphatic rings. The highest BCUT2D eigenvalue weighted by Crippen LogP contribution is 2.28. The first-order chi connectivity index (χ1) is 8.15. The van der Waals surface area contributed by atoms with Crippen LogP contribution in [0.5, 0.6) is 0 Å². The third-order valence-electron chi connectivity index (χ3n) is 2.59. The largest absolute Gasteiger partial charge is 0.460 e. The monoisotopic (exact) mass is 247 g/mol. The van der Waals surface area contributed by atoms with Crippen molar-refractivity contribution in [2.45, 2.75) is 6.92 Å². The van der Waals surface area contributed by atoms with Crippen LogP contribution >= 0.6 is 11.6 Å². The van der Waals surface area contributed by atoms with E-state index in [9.17, 15) is 0 Å². The minimum absolute atomic E-state index is 0.525. The van der Waals surface area contributed by atoms with E-state index in [1.807, 2.05) is 25.1 Å². The fourth-order valence-electron chi connectivity index (χ4n) is 1.78. The maximum atomic E-state index is 6.03. The van der Waals surface area contributed by atoms with Crippen molar-refractivity contribution in [2.75, 3.05) is 5.73 Å². The SMILES string of the molecule is Cc1ccc(-c2nc3ccc(Cl)cn3c2N)o1. The Morgan fingerprint density at radius 3 is 2.82 bits per heavy atom. The van der Waals surface area contributed by atoms with Crippen LogP contribution in [0.2, 0.25) is 5.02 Å². The number of nitrogen functional groups attached to an aromatic ring is 1. The van der Waals surface area contributed by atoms with Gasteiger partial charge in [0.1, 0.15) is 22.9 Å². The molecule has 0 saturated carbocycles. The predicted octanol–water partition coefficient (Wildman–Crippen LogP) is 3.14. The summed E-state index contributed by atoms with van der Waals surface area (Å²) in [6, 6.07) is 7.33. The Labute approximate surface area is 103 Å². The number of aromatic nitrogens is 2. The molecule has 0 amide bonds. The van der Waals surface area contributed by atoms with Gasteiger partial charge in [0.15, 0.2) is 5.76 Å². The molecule has 0 aliphatic heterocycles. The zero-order chi connectivity index (χ0) is 12.0. The maximum absolute atomic E-state index is 6.03. The van der Waals surface area contributed by atoms with Gasteiger partial charge in [-0.2, -0.15) is 0 Å². The topological polar surface area (TPSA) is 56.5 Å². The summed E-state index contributed by atoms with van der Waals surface area (Å²) in [6.45, 7) is 1.88. The smallest absolute Gasteiger partial charge is 0.156 e. The van der Waals surface area contributed by atoms with E-state index < -0.39 is 0 Å². The number of anilines is 1. The van der Waals surface area contributed by atoms with Crippen molar-refractivity contribution in [2.24, 2.45) is 0 Å². The molecule has 5 heteroatoms. The number of hydrogen-bond acceptors (Lipinski definition) is 3. The zero-order valence-corrected chi connectivity index (χ0v) is 9.90. The first kappa shape index (κ1) is 10.2. The summed E-state index contributed by atoms with van der Waals surface area (Å²) < 4.78 is 7.27. The number of aryl methyl sites for hydroxylation is 1. The van der Waals surface area contributed by atoms with Crippen LogP contribution in [-0.2, 0) is 0 Å². The number of pyridine rings is 1. The molecular weight excluding hydrogens is 238 g/mol. The number of fused-ring (bicyclic) bond motifs is 1. The molecule has 4 nitrogen and oxygen atoms in total. The molecule has 3 aromatic rings. The van der Waals surface area contributed by atoms with E-state index in [4.69, 9.17) is 21.8 Å². The number of nitrogens with two attached hydrogens (primary N) is 1. The van der Waals surface area contributed by atoms with E-state index in [0.717, 1.165) is 11.4 Å². The van der Waals surface area contributed by atoms with Gasteiger partial charge in [-0.05, 0) is 31.2 Å². The van der Waals surface area contributed by atoms with Gasteiger partial charge in [0.05, 0.1) is 5.02 Å². The van der Waals surface area contributed by atoms with Gasteiger partial charge in [-0.1, -0.05) is 11.6 Å². The van der Waals surface area contributed by atoms with E-state index in [1.165, 1.54) is 0 Å². The number of nitrogens with zero attached hydrogens (tertiary/aromatic N) is 2. The summed E-state index contributed by atoms with van der Waals surface area (Å²) >= 11 is 5.92. The van der Waals surface area contributed by atoms with Crippen LogP contribution in [-0.4, -0.2) is 9.38 Å². The zero-order valence-electron chi connectivity index (χ0n) is 9.14. The Kier molecular flexibility index (Phi) is 2.12. The fourth-order valence-corrected chi connectivity index (χ4v) is 1.94. The third-order valence-corrected chi connectivity index (χ3v) is 2.82. The Bertz CT molecular complexity index is 699. The van der Waals surface area contributed by atoms with E-state index >= 15 is 0 Å². The van der Waals surface area contributed by atoms with Crippen molar-refractivity contribution >= 4 is 23.1 Å². The second kappa shape index (κ2) is 3.53. The van der Waals surface area contributed by atoms with E-state index in [-0.39, 0.29) is 0 Å². The number of rotatable bonds is 1. The second-order valence-electron chi connectivity index (χ2n) is 3.83. The fraction of sp³-hybridized carbons (Fsp3) is 0.0833. The van der Waals surface area contributed by atoms with E-state index in [0.29, 0.717) is 22.3 Å².